The Bertz CT molecular complexity index is 1300. The summed E-state index contributed by atoms with van der Waals surface area (Å²) in [5.74, 6) is -0.247. The maximum Gasteiger partial charge on any atom is 0.335 e. The molecule has 0 fully saturated rings. The number of H-pyrrole nitrogens is 1. The summed E-state index contributed by atoms with van der Waals surface area (Å²) < 4.78 is 11.3. The van der Waals surface area contributed by atoms with Crippen molar-refractivity contribution >= 4 is 17.3 Å². The molecule has 10 nitrogen and oxygen atoms in total. The molecular weight excluding hydrogens is 440 g/mol. The molecular formula is C21H19ClN4O6. The summed E-state index contributed by atoms with van der Waals surface area (Å²) >= 11 is 5.90. The largest absolute Gasteiger partial charge is 0.502 e. The number of methoxy groups -OCH3 is 2. The number of aromatic hydroxyl groups is 2. The van der Waals surface area contributed by atoms with Crippen LogP contribution in [0.1, 0.15) is 23.6 Å². The minimum atomic E-state index is -0.797. The average molecular weight is 459 g/mol. The monoisotopic (exact) mass is 458 g/mol. The Morgan fingerprint density at radius 2 is 1.72 bits per heavy atom. The first kappa shape index (κ1) is 21.3. The van der Waals surface area contributed by atoms with E-state index in [-0.39, 0.29) is 34.9 Å². The molecule has 11 heteroatoms. The first-order chi connectivity index (χ1) is 15.3. The quantitative estimate of drug-likeness (QED) is 0.459. The number of aromatic amines is 1. The van der Waals surface area contributed by atoms with Crippen LogP contribution in [0.3, 0.4) is 0 Å². The smallest absolute Gasteiger partial charge is 0.335 e. The van der Waals surface area contributed by atoms with Crippen LogP contribution in [0.25, 0.3) is 5.69 Å². The minimum Gasteiger partial charge on any atom is -0.502 e. The lowest BCUT2D eigenvalue weighted by atomic mass is 9.99. The lowest BCUT2D eigenvalue weighted by Gasteiger charge is -2.15. The number of nitrogens with one attached hydrogen (secondary N) is 2. The zero-order chi connectivity index (χ0) is 23.0. The van der Waals surface area contributed by atoms with Gasteiger partial charge in [-0.1, -0.05) is 11.6 Å². The third-order valence-electron chi connectivity index (χ3n) is 5.12. The highest BCUT2D eigenvalue weighted by Gasteiger charge is 2.29. The normalized spacial score (nSPS) is 15.2. The molecule has 4 N–H and O–H groups in total. The molecule has 4 rings (SSSR count). The highest BCUT2D eigenvalue weighted by molar-refractivity contribution is 6.30. The van der Waals surface area contributed by atoms with Gasteiger partial charge in [-0.05, 0) is 42.0 Å². The number of hydrazone groups is 1. The SMILES string of the molecule is COc1cc([C@H]2CC(c3c(O)n(-c4ccc(Cl)cc4)c(=O)[nH]c3=O)=NN2)cc(OC)c1O. The number of phenolic OH excluding ortho intramolecular Hbond substituents is 1. The predicted molar refractivity (Wildman–Crippen MR) is 118 cm³/mol. The summed E-state index contributed by atoms with van der Waals surface area (Å²) in [4.78, 5) is 27.1. The molecule has 0 spiro atoms. The van der Waals surface area contributed by atoms with Crippen LogP contribution in [-0.4, -0.2) is 39.7 Å². The van der Waals surface area contributed by atoms with E-state index in [4.69, 9.17) is 21.1 Å². The van der Waals surface area contributed by atoms with Gasteiger partial charge in [0.1, 0.15) is 5.56 Å². The second kappa shape index (κ2) is 8.31. The number of rotatable bonds is 5. The number of phenols is 1. The molecule has 32 heavy (non-hydrogen) atoms. The summed E-state index contributed by atoms with van der Waals surface area (Å²) in [7, 11) is 2.83. The molecule has 1 aliphatic heterocycles. The zero-order valence-corrected chi connectivity index (χ0v) is 17.8. The molecule has 3 aromatic rings. The predicted octanol–water partition coefficient (Wildman–Crippen LogP) is 2.05. The van der Waals surface area contributed by atoms with Crippen molar-refractivity contribution in [3.63, 3.8) is 0 Å². The maximum atomic E-state index is 12.5. The van der Waals surface area contributed by atoms with E-state index in [1.54, 1.807) is 24.3 Å². The molecule has 166 valence electrons. The van der Waals surface area contributed by atoms with Crippen LogP contribution in [0.4, 0.5) is 0 Å². The summed E-state index contributed by atoms with van der Waals surface area (Å²) in [6, 6.07) is 9.03. The first-order valence-electron chi connectivity index (χ1n) is 9.45. The van der Waals surface area contributed by atoms with Gasteiger partial charge in [0.05, 0.1) is 31.7 Å². The Balaban J connectivity index is 1.72. The molecule has 0 unspecified atom stereocenters. The van der Waals surface area contributed by atoms with Crippen molar-refractivity contribution < 1.29 is 19.7 Å². The number of nitrogens with zero attached hydrogens (tertiary/aromatic N) is 2. The van der Waals surface area contributed by atoms with Crippen LogP contribution >= 0.6 is 11.6 Å². The van der Waals surface area contributed by atoms with Crippen molar-refractivity contribution in [3.05, 3.63) is 73.4 Å². The van der Waals surface area contributed by atoms with Crippen LogP contribution < -0.4 is 26.1 Å². The number of hydrogen-bond acceptors (Lipinski definition) is 8. The molecule has 0 saturated carbocycles. The fraction of sp³-hybridized carbons (Fsp3) is 0.190. The first-order valence-corrected chi connectivity index (χ1v) is 9.83. The summed E-state index contributed by atoms with van der Waals surface area (Å²) in [6.07, 6.45) is 0.215. The zero-order valence-electron chi connectivity index (χ0n) is 17.0. The van der Waals surface area contributed by atoms with Crippen LogP contribution in [0, 0.1) is 0 Å². The summed E-state index contributed by atoms with van der Waals surface area (Å²) in [5.41, 5.74) is 2.47. The van der Waals surface area contributed by atoms with Gasteiger partial charge in [0.25, 0.3) is 5.56 Å². The van der Waals surface area contributed by atoms with Gasteiger partial charge in [-0.25, -0.2) is 9.36 Å². The van der Waals surface area contributed by atoms with Crippen LogP contribution in [0.5, 0.6) is 23.1 Å². The molecule has 0 radical (unpaired) electrons. The Kier molecular flexibility index (Phi) is 5.54. The molecule has 0 aliphatic carbocycles. The lowest BCUT2D eigenvalue weighted by molar-refractivity contribution is 0.338. The highest BCUT2D eigenvalue weighted by Crippen LogP contribution is 2.40. The van der Waals surface area contributed by atoms with Crippen LogP contribution in [0.15, 0.2) is 51.1 Å². The molecule has 0 saturated heterocycles. The number of halogens is 1. The van der Waals surface area contributed by atoms with E-state index < -0.39 is 23.2 Å². The lowest BCUT2D eigenvalue weighted by Crippen LogP contribution is -2.33. The average Bonchev–Trinajstić information content (AvgIpc) is 3.24. The minimum absolute atomic E-state index is 0.132. The van der Waals surface area contributed by atoms with E-state index in [2.05, 4.69) is 15.5 Å². The standard InChI is InChI=1S/C21H19ClN4O6/c1-31-15-7-10(8-16(32-2)18(15)27)13-9-14(25-24-13)17-19(28)23-21(30)26(20(17)29)12-5-3-11(22)4-6-12/h3-8,13,24,27,29H,9H2,1-2H3,(H,23,28,30)/t13-/m1/s1. The van der Waals surface area contributed by atoms with Gasteiger partial charge in [-0.2, -0.15) is 5.10 Å². The second-order valence-electron chi connectivity index (χ2n) is 6.99. The van der Waals surface area contributed by atoms with Gasteiger partial charge in [0.15, 0.2) is 11.5 Å². The van der Waals surface area contributed by atoms with Crippen molar-refractivity contribution in [2.75, 3.05) is 14.2 Å². The van der Waals surface area contributed by atoms with Gasteiger partial charge >= 0.3 is 5.69 Å². The fourth-order valence-electron chi connectivity index (χ4n) is 3.52. The van der Waals surface area contributed by atoms with Crippen molar-refractivity contribution in [2.24, 2.45) is 5.10 Å². The van der Waals surface area contributed by atoms with Crippen molar-refractivity contribution in [1.29, 1.82) is 0 Å². The van der Waals surface area contributed by atoms with E-state index in [1.807, 2.05) is 0 Å². The Hall–Kier alpha value is -3.92. The number of hydrogen-bond donors (Lipinski definition) is 4. The van der Waals surface area contributed by atoms with Crippen LogP contribution in [-0.2, 0) is 0 Å². The number of ether oxygens (including phenoxy) is 2. The topological polar surface area (TPSA) is 138 Å². The van der Waals surface area contributed by atoms with Crippen molar-refractivity contribution in [1.82, 2.24) is 15.0 Å². The van der Waals surface area contributed by atoms with Gasteiger partial charge in [0, 0.05) is 11.4 Å². The Morgan fingerprint density at radius 3 is 2.31 bits per heavy atom. The van der Waals surface area contributed by atoms with Crippen molar-refractivity contribution in [3.8, 4) is 28.8 Å². The van der Waals surface area contributed by atoms with Gasteiger partial charge in [-0.3, -0.25) is 9.78 Å². The van der Waals surface area contributed by atoms with Gasteiger partial charge in [0.2, 0.25) is 11.6 Å². The Labute approximate surface area is 186 Å². The molecule has 0 amide bonds. The van der Waals surface area contributed by atoms with E-state index in [9.17, 15) is 19.8 Å². The summed E-state index contributed by atoms with van der Waals surface area (Å²) in [6.45, 7) is 0. The van der Waals surface area contributed by atoms with E-state index in [1.165, 1.54) is 26.4 Å². The molecule has 2 aromatic carbocycles. The third kappa shape index (κ3) is 3.65. The molecule has 0 bridgehead atoms. The Morgan fingerprint density at radius 1 is 1.09 bits per heavy atom. The van der Waals surface area contributed by atoms with Crippen molar-refractivity contribution in [2.45, 2.75) is 12.5 Å². The summed E-state index contributed by atoms with van der Waals surface area (Å²) in [5, 5.41) is 25.6. The maximum absolute atomic E-state index is 12.5. The molecule has 1 atom stereocenters. The van der Waals surface area contributed by atoms with Gasteiger partial charge in [-0.15, -0.1) is 0 Å². The van der Waals surface area contributed by atoms with Gasteiger partial charge < -0.3 is 25.1 Å². The molecule has 2 heterocycles. The molecule has 1 aliphatic rings. The van der Waals surface area contributed by atoms with Crippen LogP contribution in [0.2, 0.25) is 5.02 Å². The second-order valence-corrected chi connectivity index (χ2v) is 7.42. The third-order valence-corrected chi connectivity index (χ3v) is 5.37. The van der Waals surface area contributed by atoms with E-state index in [0.29, 0.717) is 16.3 Å². The van der Waals surface area contributed by atoms with E-state index >= 15 is 0 Å². The van der Waals surface area contributed by atoms with E-state index in [0.717, 1.165) is 4.57 Å². The molecule has 1 aromatic heterocycles. The highest BCUT2D eigenvalue weighted by atomic mass is 35.5. The fourth-order valence-corrected chi connectivity index (χ4v) is 3.65. The number of aromatic nitrogens is 2. The number of benzene rings is 2.